The van der Waals surface area contributed by atoms with Crippen LogP contribution in [0.2, 0.25) is 0 Å². The molecule has 1 aliphatic carbocycles. The molecule has 2 atom stereocenters. The van der Waals surface area contributed by atoms with Gasteiger partial charge < -0.3 is 10.6 Å². The molecule has 1 saturated carbocycles. The van der Waals surface area contributed by atoms with E-state index in [0.29, 0.717) is 6.54 Å². The predicted octanol–water partition coefficient (Wildman–Crippen LogP) is 3.12. The summed E-state index contributed by atoms with van der Waals surface area (Å²) < 4.78 is 0. The van der Waals surface area contributed by atoms with Gasteiger partial charge in [0.05, 0.1) is 0 Å². The van der Waals surface area contributed by atoms with E-state index in [1.165, 1.54) is 18.4 Å². The quantitative estimate of drug-likeness (QED) is 0.862. The highest BCUT2D eigenvalue weighted by Crippen LogP contribution is 2.42. The number of anilines is 1. The molecule has 114 valence electrons. The first-order chi connectivity index (χ1) is 9.99. The summed E-state index contributed by atoms with van der Waals surface area (Å²) >= 11 is 0. The lowest BCUT2D eigenvalue weighted by Gasteiger charge is -2.42. The van der Waals surface area contributed by atoms with Gasteiger partial charge in [-0.3, -0.25) is 4.79 Å². The number of benzene rings is 1. The first-order valence-electron chi connectivity index (χ1n) is 8.14. The molecular weight excluding hydrogens is 260 g/mol. The minimum Gasteiger partial charge on any atom is -0.326 e. The molecule has 1 amide bonds. The Labute approximate surface area is 127 Å². The van der Waals surface area contributed by atoms with Gasteiger partial charge in [-0.2, -0.15) is 0 Å². The van der Waals surface area contributed by atoms with Crippen LogP contribution in [-0.2, 0) is 11.2 Å². The number of nitrogens with zero attached hydrogens (tertiary/aromatic N) is 1. The van der Waals surface area contributed by atoms with Crippen LogP contribution in [0, 0.1) is 11.3 Å². The summed E-state index contributed by atoms with van der Waals surface area (Å²) in [6, 6.07) is 8.26. The van der Waals surface area contributed by atoms with Gasteiger partial charge in [0.2, 0.25) is 5.91 Å². The Kier molecular flexibility index (Phi) is 3.78. The molecule has 2 N–H and O–H groups in total. The fourth-order valence-electron chi connectivity index (χ4n) is 3.98. The highest BCUT2D eigenvalue weighted by molar-refractivity contribution is 5.96. The van der Waals surface area contributed by atoms with Crippen molar-refractivity contribution in [1.82, 2.24) is 0 Å². The normalized spacial score (nSPS) is 28.0. The molecule has 0 spiro atoms. The SMILES string of the molecule is CC1(C)CCCCC1C(=O)N1CC(N)Cc2ccccc21. The number of para-hydroxylation sites is 1. The summed E-state index contributed by atoms with van der Waals surface area (Å²) in [6.45, 7) is 5.14. The zero-order chi connectivity index (χ0) is 15.0. The third-order valence-corrected chi connectivity index (χ3v) is 5.25. The zero-order valence-corrected chi connectivity index (χ0v) is 13.1. The molecule has 0 bridgehead atoms. The molecule has 3 heteroatoms. The van der Waals surface area contributed by atoms with Crippen molar-refractivity contribution in [2.45, 2.75) is 52.0 Å². The summed E-state index contributed by atoms with van der Waals surface area (Å²) in [6.07, 6.45) is 5.44. The Balaban J connectivity index is 1.91. The van der Waals surface area contributed by atoms with Gasteiger partial charge >= 0.3 is 0 Å². The van der Waals surface area contributed by atoms with Gasteiger partial charge in [0.15, 0.2) is 0 Å². The lowest BCUT2D eigenvalue weighted by atomic mass is 9.68. The maximum Gasteiger partial charge on any atom is 0.230 e. The van der Waals surface area contributed by atoms with Crippen LogP contribution in [0.15, 0.2) is 24.3 Å². The van der Waals surface area contributed by atoms with Gasteiger partial charge in [-0.1, -0.05) is 44.9 Å². The van der Waals surface area contributed by atoms with Gasteiger partial charge in [0.25, 0.3) is 0 Å². The molecule has 2 unspecified atom stereocenters. The third-order valence-electron chi connectivity index (χ3n) is 5.25. The molecule has 1 heterocycles. The van der Waals surface area contributed by atoms with E-state index < -0.39 is 0 Å². The van der Waals surface area contributed by atoms with E-state index >= 15 is 0 Å². The number of carbonyl (C=O) groups excluding carboxylic acids is 1. The second-order valence-electron chi connectivity index (χ2n) is 7.33. The summed E-state index contributed by atoms with van der Waals surface area (Å²) in [5.41, 5.74) is 8.57. The molecule has 3 rings (SSSR count). The Morgan fingerprint density at radius 1 is 1.29 bits per heavy atom. The largest absolute Gasteiger partial charge is 0.326 e. The summed E-state index contributed by atoms with van der Waals surface area (Å²) in [5.74, 6) is 0.409. The topological polar surface area (TPSA) is 46.3 Å². The van der Waals surface area contributed by atoms with Crippen molar-refractivity contribution in [2.24, 2.45) is 17.1 Å². The van der Waals surface area contributed by atoms with Crippen LogP contribution >= 0.6 is 0 Å². The minimum atomic E-state index is 0.0514. The van der Waals surface area contributed by atoms with Crippen LogP contribution in [0.5, 0.6) is 0 Å². The molecule has 0 saturated heterocycles. The van der Waals surface area contributed by atoms with Crippen LogP contribution in [-0.4, -0.2) is 18.5 Å². The molecule has 0 aromatic heterocycles. The number of amides is 1. The van der Waals surface area contributed by atoms with E-state index in [0.717, 1.165) is 24.9 Å². The predicted molar refractivity (Wildman–Crippen MR) is 86.2 cm³/mol. The van der Waals surface area contributed by atoms with Crippen molar-refractivity contribution < 1.29 is 4.79 Å². The van der Waals surface area contributed by atoms with Crippen molar-refractivity contribution in [3.05, 3.63) is 29.8 Å². The van der Waals surface area contributed by atoms with Gasteiger partial charge in [-0.25, -0.2) is 0 Å². The molecule has 0 radical (unpaired) electrons. The first kappa shape index (κ1) is 14.6. The van der Waals surface area contributed by atoms with Crippen molar-refractivity contribution in [2.75, 3.05) is 11.4 Å². The maximum absolute atomic E-state index is 13.1. The highest BCUT2D eigenvalue weighted by Gasteiger charge is 2.40. The molecule has 1 aliphatic heterocycles. The van der Waals surface area contributed by atoms with E-state index in [2.05, 4.69) is 26.0 Å². The highest BCUT2D eigenvalue weighted by atomic mass is 16.2. The second kappa shape index (κ2) is 5.45. The van der Waals surface area contributed by atoms with E-state index in [9.17, 15) is 4.79 Å². The number of hydrogen-bond donors (Lipinski definition) is 1. The Hall–Kier alpha value is -1.35. The summed E-state index contributed by atoms with van der Waals surface area (Å²) in [7, 11) is 0. The second-order valence-corrected chi connectivity index (χ2v) is 7.33. The number of rotatable bonds is 1. The lowest BCUT2D eigenvalue weighted by molar-refractivity contribution is -0.127. The van der Waals surface area contributed by atoms with Crippen LogP contribution in [0.3, 0.4) is 0 Å². The van der Waals surface area contributed by atoms with Gasteiger partial charge in [-0.05, 0) is 36.3 Å². The minimum absolute atomic E-state index is 0.0514. The molecule has 1 fully saturated rings. The van der Waals surface area contributed by atoms with Crippen LogP contribution < -0.4 is 10.6 Å². The lowest BCUT2D eigenvalue weighted by Crippen LogP contribution is -2.51. The fourth-order valence-corrected chi connectivity index (χ4v) is 3.98. The third kappa shape index (κ3) is 2.71. The zero-order valence-electron chi connectivity index (χ0n) is 13.1. The average molecular weight is 286 g/mol. The van der Waals surface area contributed by atoms with Crippen molar-refractivity contribution in [1.29, 1.82) is 0 Å². The van der Waals surface area contributed by atoms with Crippen molar-refractivity contribution in [3.63, 3.8) is 0 Å². The summed E-state index contributed by atoms with van der Waals surface area (Å²) in [4.78, 5) is 15.1. The number of carbonyl (C=O) groups is 1. The van der Waals surface area contributed by atoms with Crippen LogP contribution in [0.25, 0.3) is 0 Å². The number of nitrogens with two attached hydrogens (primary N) is 1. The molecule has 21 heavy (non-hydrogen) atoms. The monoisotopic (exact) mass is 286 g/mol. The number of hydrogen-bond acceptors (Lipinski definition) is 2. The summed E-state index contributed by atoms with van der Waals surface area (Å²) in [5, 5.41) is 0. The van der Waals surface area contributed by atoms with Gasteiger partial charge in [0.1, 0.15) is 0 Å². The average Bonchev–Trinajstić information content (AvgIpc) is 2.45. The smallest absolute Gasteiger partial charge is 0.230 e. The number of fused-ring (bicyclic) bond motifs is 1. The molecule has 2 aliphatic rings. The fraction of sp³-hybridized carbons (Fsp3) is 0.611. The first-order valence-corrected chi connectivity index (χ1v) is 8.14. The Morgan fingerprint density at radius 3 is 2.81 bits per heavy atom. The molecule has 3 nitrogen and oxygen atoms in total. The van der Waals surface area contributed by atoms with E-state index in [4.69, 9.17) is 5.73 Å². The van der Waals surface area contributed by atoms with Crippen LogP contribution in [0.4, 0.5) is 5.69 Å². The van der Waals surface area contributed by atoms with E-state index in [-0.39, 0.29) is 23.3 Å². The molecule has 1 aromatic carbocycles. The Morgan fingerprint density at radius 2 is 2.05 bits per heavy atom. The molecular formula is C18H26N2O. The van der Waals surface area contributed by atoms with Crippen molar-refractivity contribution in [3.8, 4) is 0 Å². The van der Waals surface area contributed by atoms with E-state index in [1.807, 2.05) is 17.0 Å². The van der Waals surface area contributed by atoms with Gasteiger partial charge in [-0.15, -0.1) is 0 Å². The molecule has 1 aromatic rings. The van der Waals surface area contributed by atoms with Crippen LogP contribution in [0.1, 0.15) is 45.1 Å². The van der Waals surface area contributed by atoms with Gasteiger partial charge in [0, 0.05) is 24.2 Å². The van der Waals surface area contributed by atoms with Crippen molar-refractivity contribution >= 4 is 11.6 Å². The maximum atomic E-state index is 13.1. The van der Waals surface area contributed by atoms with E-state index in [1.54, 1.807) is 0 Å². The Bertz CT molecular complexity index is 538. The standard InChI is InChI=1S/C18H26N2O/c1-18(2)10-6-5-8-15(18)17(21)20-12-14(19)11-13-7-3-4-9-16(13)20/h3-4,7,9,14-15H,5-6,8,10-12,19H2,1-2H3.